The van der Waals surface area contributed by atoms with Gasteiger partial charge in [-0.3, -0.25) is 14.4 Å². The van der Waals surface area contributed by atoms with Crippen molar-refractivity contribution in [3.8, 4) is 0 Å². The number of aryl methyl sites for hydroxylation is 3. The summed E-state index contributed by atoms with van der Waals surface area (Å²) in [6.45, 7) is 9.93. The number of fused-ring (bicyclic) bond motifs is 5. The second kappa shape index (κ2) is 8.36. The number of allylic oxidation sites excluding steroid dienone is 2. The molecule has 4 atom stereocenters. The lowest BCUT2D eigenvalue weighted by Crippen LogP contribution is -2.42. The summed E-state index contributed by atoms with van der Waals surface area (Å²) in [7, 11) is 0. The Balaban J connectivity index is 1.68. The molecule has 2 bridgehead atoms. The van der Waals surface area contributed by atoms with Gasteiger partial charge in [-0.05, 0) is 67.0 Å². The van der Waals surface area contributed by atoms with Crippen LogP contribution in [0.3, 0.4) is 0 Å². The minimum atomic E-state index is -1.05. The van der Waals surface area contributed by atoms with E-state index in [9.17, 15) is 14.4 Å². The maximum Gasteiger partial charge on any atom is 0.239 e. The van der Waals surface area contributed by atoms with Crippen molar-refractivity contribution in [2.75, 3.05) is 4.90 Å². The third-order valence-corrected chi connectivity index (χ3v) is 9.42. The molecule has 3 aliphatic rings. The van der Waals surface area contributed by atoms with E-state index in [0.717, 1.165) is 39.0 Å². The highest BCUT2D eigenvalue weighted by molar-refractivity contribution is 6.35. The van der Waals surface area contributed by atoms with Crippen LogP contribution in [0.2, 0.25) is 0 Å². The highest BCUT2D eigenvalue weighted by Crippen LogP contribution is 2.75. The molecule has 192 valence electrons. The fraction of sp³-hybridized carbons (Fsp3) is 0.324. The summed E-state index contributed by atoms with van der Waals surface area (Å²) in [6.07, 6.45) is 0.933. The number of nitrogens with zero attached hydrogens (tertiary/aromatic N) is 1. The molecule has 1 heterocycles. The minimum absolute atomic E-state index is 0.0430. The van der Waals surface area contributed by atoms with E-state index in [1.165, 1.54) is 4.90 Å². The summed E-state index contributed by atoms with van der Waals surface area (Å²) < 4.78 is 0. The number of hydrogen-bond donors (Lipinski definition) is 0. The zero-order valence-electron chi connectivity index (χ0n) is 22.7. The molecule has 1 saturated heterocycles. The average molecular weight is 504 g/mol. The van der Waals surface area contributed by atoms with E-state index in [4.69, 9.17) is 0 Å². The number of rotatable bonds is 5. The van der Waals surface area contributed by atoms with Crippen LogP contribution in [-0.2, 0) is 14.4 Å². The first-order chi connectivity index (χ1) is 18.3. The molecular formula is C34H33NO3. The Hall–Kier alpha value is -3.79. The third-order valence-electron chi connectivity index (χ3n) is 9.42. The Bertz CT molecular complexity index is 1430. The number of hydrogen-bond acceptors (Lipinski definition) is 3. The molecule has 1 aliphatic heterocycles. The molecule has 0 N–H and O–H groups in total. The Labute approximate surface area is 224 Å². The van der Waals surface area contributed by atoms with Crippen LogP contribution in [0.25, 0.3) is 11.1 Å². The van der Waals surface area contributed by atoms with Crippen molar-refractivity contribution in [1.82, 2.24) is 0 Å². The molecule has 0 aromatic heterocycles. The fourth-order valence-corrected chi connectivity index (χ4v) is 8.20. The Morgan fingerprint density at radius 1 is 0.658 bits per heavy atom. The van der Waals surface area contributed by atoms with E-state index in [-0.39, 0.29) is 17.6 Å². The number of imide groups is 1. The maximum absolute atomic E-state index is 14.8. The van der Waals surface area contributed by atoms with Crippen LogP contribution in [0.1, 0.15) is 54.5 Å². The fourth-order valence-electron chi connectivity index (χ4n) is 8.20. The molecule has 4 heteroatoms. The topological polar surface area (TPSA) is 54.5 Å². The molecule has 3 aromatic carbocycles. The molecule has 4 nitrogen and oxygen atoms in total. The SMILES string of the molecule is CC[C@]12C(=O)[C@@](CC)(C(c3ccccc3)=C1c1ccccc1)[C@H]1C(=O)N(c3c(C)cc(C)cc3C)C(=O)[C@H]12. The predicted octanol–water partition coefficient (Wildman–Crippen LogP) is 6.72. The molecule has 0 unspecified atom stereocenters. The number of carbonyl (C=O) groups excluding carboxylic acids is 3. The van der Waals surface area contributed by atoms with Crippen LogP contribution in [0.15, 0.2) is 72.8 Å². The smallest absolute Gasteiger partial charge is 0.239 e. The van der Waals surface area contributed by atoms with Crippen molar-refractivity contribution < 1.29 is 14.4 Å². The second-order valence-corrected chi connectivity index (χ2v) is 11.2. The van der Waals surface area contributed by atoms with Crippen molar-refractivity contribution in [1.29, 1.82) is 0 Å². The molecule has 2 aliphatic carbocycles. The Morgan fingerprint density at radius 2 is 1.05 bits per heavy atom. The highest BCUT2D eigenvalue weighted by atomic mass is 16.2. The molecular weight excluding hydrogens is 470 g/mol. The van der Waals surface area contributed by atoms with Gasteiger partial charge in [0, 0.05) is 0 Å². The summed E-state index contributed by atoms with van der Waals surface area (Å²) in [4.78, 5) is 45.2. The van der Waals surface area contributed by atoms with Gasteiger partial charge in [-0.25, -0.2) is 4.90 Å². The average Bonchev–Trinajstić information content (AvgIpc) is 3.41. The normalized spacial score (nSPS) is 28.0. The molecule has 1 saturated carbocycles. The van der Waals surface area contributed by atoms with Gasteiger partial charge in [0.25, 0.3) is 0 Å². The Kier molecular flexibility index (Phi) is 5.40. The summed E-state index contributed by atoms with van der Waals surface area (Å²) in [5.41, 5.74) is 5.23. The van der Waals surface area contributed by atoms with Gasteiger partial charge in [0.1, 0.15) is 0 Å². The van der Waals surface area contributed by atoms with E-state index in [0.29, 0.717) is 18.5 Å². The summed E-state index contributed by atoms with van der Waals surface area (Å²) in [5, 5.41) is 0. The first-order valence-corrected chi connectivity index (χ1v) is 13.6. The van der Waals surface area contributed by atoms with Crippen molar-refractivity contribution in [3.63, 3.8) is 0 Å². The third kappa shape index (κ3) is 2.78. The van der Waals surface area contributed by atoms with Crippen LogP contribution < -0.4 is 4.90 Å². The predicted molar refractivity (Wildman–Crippen MR) is 150 cm³/mol. The number of anilines is 1. The number of amides is 2. The van der Waals surface area contributed by atoms with Crippen molar-refractivity contribution >= 4 is 34.4 Å². The van der Waals surface area contributed by atoms with Crippen molar-refractivity contribution in [2.45, 2.75) is 47.5 Å². The van der Waals surface area contributed by atoms with Gasteiger partial charge >= 0.3 is 0 Å². The summed E-state index contributed by atoms with van der Waals surface area (Å²) >= 11 is 0. The minimum Gasteiger partial charge on any atom is -0.298 e. The zero-order chi connectivity index (χ0) is 27.0. The molecule has 2 amide bonds. The Morgan fingerprint density at radius 3 is 1.42 bits per heavy atom. The molecule has 0 radical (unpaired) electrons. The van der Waals surface area contributed by atoms with Crippen molar-refractivity contribution in [2.24, 2.45) is 22.7 Å². The van der Waals surface area contributed by atoms with E-state index in [1.807, 2.05) is 107 Å². The van der Waals surface area contributed by atoms with Gasteiger partial charge in [-0.2, -0.15) is 0 Å². The number of Topliss-reactive ketones (excluding diaryl/α,β-unsaturated/α-hetero) is 1. The van der Waals surface area contributed by atoms with Crippen LogP contribution >= 0.6 is 0 Å². The summed E-state index contributed by atoms with van der Waals surface area (Å²) in [5.74, 6) is -1.85. The van der Waals surface area contributed by atoms with Gasteiger partial charge in [-0.15, -0.1) is 0 Å². The van der Waals surface area contributed by atoms with Gasteiger partial charge in [0.05, 0.1) is 28.4 Å². The van der Waals surface area contributed by atoms with E-state index in [1.54, 1.807) is 0 Å². The lowest BCUT2D eigenvalue weighted by Gasteiger charge is -2.38. The molecule has 0 spiro atoms. The first-order valence-electron chi connectivity index (χ1n) is 13.6. The molecule has 3 aromatic rings. The van der Waals surface area contributed by atoms with Gasteiger partial charge in [-0.1, -0.05) is 92.2 Å². The summed E-state index contributed by atoms with van der Waals surface area (Å²) in [6, 6.07) is 24.0. The van der Waals surface area contributed by atoms with Crippen LogP contribution in [0.4, 0.5) is 5.69 Å². The monoisotopic (exact) mass is 503 g/mol. The second-order valence-electron chi connectivity index (χ2n) is 11.2. The lowest BCUT2D eigenvalue weighted by atomic mass is 9.60. The van der Waals surface area contributed by atoms with Crippen molar-refractivity contribution in [3.05, 3.63) is 101 Å². The highest BCUT2D eigenvalue weighted by Gasteiger charge is 2.80. The number of carbonyl (C=O) groups is 3. The molecule has 6 rings (SSSR count). The number of ketones is 1. The maximum atomic E-state index is 14.8. The van der Waals surface area contributed by atoms with Gasteiger partial charge in [0.15, 0.2) is 5.78 Å². The first kappa shape index (κ1) is 24.5. The standard InChI is InChI=1S/C34H33NO3/c1-6-33-25(23-14-10-8-11-15-23)26(24-16-12-9-13-17-24)34(7-2,32(33)38)28-27(33)30(36)35(31(28)37)29-21(4)18-20(3)19-22(29)5/h8-19,27-28H,6-7H2,1-5H3/t27-,28+,33-,34-/m0/s1. The van der Waals surface area contributed by atoms with Gasteiger partial charge < -0.3 is 0 Å². The largest absolute Gasteiger partial charge is 0.298 e. The van der Waals surface area contributed by atoms with E-state index >= 15 is 0 Å². The van der Waals surface area contributed by atoms with Crippen LogP contribution in [0.5, 0.6) is 0 Å². The lowest BCUT2D eigenvalue weighted by molar-refractivity contribution is -0.134. The molecule has 2 fully saturated rings. The molecule has 38 heavy (non-hydrogen) atoms. The quantitative estimate of drug-likeness (QED) is 0.363. The van der Waals surface area contributed by atoms with E-state index < -0.39 is 22.7 Å². The van der Waals surface area contributed by atoms with Crippen LogP contribution in [0, 0.1) is 43.4 Å². The number of benzene rings is 3. The van der Waals surface area contributed by atoms with Crippen LogP contribution in [-0.4, -0.2) is 17.6 Å². The van der Waals surface area contributed by atoms with E-state index in [2.05, 4.69) is 0 Å². The zero-order valence-corrected chi connectivity index (χ0v) is 22.7. The van der Waals surface area contributed by atoms with Gasteiger partial charge in [0.2, 0.25) is 11.8 Å².